The van der Waals surface area contributed by atoms with Crippen LogP contribution in [0, 0.1) is 12.8 Å². The molecule has 3 rings (SSSR count). The van der Waals surface area contributed by atoms with E-state index in [0.717, 1.165) is 32.5 Å². The molecular formula is C20H27N3O3. The number of carbonyl (C=O) groups excluding carboxylic acids is 1. The Labute approximate surface area is 154 Å². The summed E-state index contributed by atoms with van der Waals surface area (Å²) in [6.45, 7) is 4.69. The van der Waals surface area contributed by atoms with E-state index in [4.69, 9.17) is 9.47 Å². The Morgan fingerprint density at radius 1 is 1.31 bits per heavy atom. The molecule has 0 amide bonds. The quantitative estimate of drug-likeness (QED) is 0.744. The fourth-order valence-electron chi connectivity index (χ4n) is 3.58. The van der Waals surface area contributed by atoms with Gasteiger partial charge in [0.25, 0.3) is 0 Å². The van der Waals surface area contributed by atoms with Crippen LogP contribution in [-0.4, -0.2) is 47.8 Å². The molecule has 0 aliphatic carbocycles. The molecule has 0 bridgehead atoms. The molecule has 1 aromatic heterocycles. The first kappa shape index (κ1) is 18.5. The second-order valence-corrected chi connectivity index (χ2v) is 6.88. The van der Waals surface area contributed by atoms with Crippen LogP contribution >= 0.6 is 0 Å². The number of Topliss-reactive ketones (excluding diaryl/α,β-unsaturated/α-hetero) is 1. The molecule has 0 unspecified atom stereocenters. The summed E-state index contributed by atoms with van der Waals surface area (Å²) in [4.78, 5) is 15.4. The minimum atomic E-state index is -0.0111. The van der Waals surface area contributed by atoms with Gasteiger partial charge in [0.1, 0.15) is 11.5 Å². The predicted molar refractivity (Wildman–Crippen MR) is 99.8 cm³/mol. The normalized spacial score (nSPS) is 17.9. The lowest BCUT2D eigenvalue weighted by Gasteiger charge is -2.32. The predicted octanol–water partition coefficient (Wildman–Crippen LogP) is 2.84. The third-order valence-electron chi connectivity index (χ3n) is 5.28. The molecule has 0 N–H and O–H groups in total. The van der Waals surface area contributed by atoms with Crippen molar-refractivity contribution < 1.29 is 14.3 Å². The lowest BCUT2D eigenvalue weighted by atomic mass is 9.89. The lowest BCUT2D eigenvalue weighted by Crippen LogP contribution is -2.38. The van der Waals surface area contributed by atoms with Crippen molar-refractivity contribution in [2.75, 3.05) is 27.3 Å². The zero-order valence-corrected chi connectivity index (χ0v) is 16.0. The van der Waals surface area contributed by atoms with E-state index >= 15 is 0 Å². The second-order valence-electron chi connectivity index (χ2n) is 6.88. The summed E-state index contributed by atoms with van der Waals surface area (Å²) in [5, 5.41) is 4.32. The number of rotatable bonds is 6. The molecule has 26 heavy (non-hydrogen) atoms. The Kier molecular flexibility index (Phi) is 5.61. The maximum absolute atomic E-state index is 13.1. The number of aryl methyl sites for hydroxylation is 1. The van der Waals surface area contributed by atoms with Crippen LogP contribution in [0.3, 0.4) is 0 Å². The summed E-state index contributed by atoms with van der Waals surface area (Å²) in [5.41, 5.74) is 3.04. The van der Waals surface area contributed by atoms with Gasteiger partial charge in [0.15, 0.2) is 5.78 Å². The molecule has 6 heteroatoms. The molecule has 2 aromatic rings. The van der Waals surface area contributed by atoms with Gasteiger partial charge in [-0.1, -0.05) is 0 Å². The number of nitrogens with zero attached hydrogens (tertiary/aromatic N) is 3. The van der Waals surface area contributed by atoms with Crippen molar-refractivity contribution in [1.82, 2.24) is 14.7 Å². The van der Waals surface area contributed by atoms with Crippen LogP contribution < -0.4 is 9.47 Å². The number of likely N-dealkylation sites (tertiary alicyclic amines) is 1. The molecular weight excluding hydrogens is 330 g/mol. The van der Waals surface area contributed by atoms with Crippen molar-refractivity contribution >= 4 is 5.78 Å². The summed E-state index contributed by atoms with van der Waals surface area (Å²) >= 11 is 0. The molecule has 0 spiro atoms. The number of aromatic nitrogens is 2. The molecule has 2 heterocycles. The summed E-state index contributed by atoms with van der Waals surface area (Å²) in [6.07, 6.45) is 3.86. The number of carbonyl (C=O) groups is 1. The highest BCUT2D eigenvalue weighted by Gasteiger charge is 2.29. The van der Waals surface area contributed by atoms with Gasteiger partial charge in [-0.15, -0.1) is 0 Å². The summed E-state index contributed by atoms with van der Waals surface area (Å²) < 4.78 is 12.5. The van der Waals surface area contributed by atoms with E-state index in [9.17, 15) is 4.79 Å². The van der Waals surface area contributed by atoms with Crippen LogP contribution in [0.1, 0.15) is 34.5 Å². The van der Waals surface area contributed by atoms with Gasteiger partial charge in [0.2, 0.25) is 0 Å². The van der Waals surface area contributed by atoms with Gasteiger partial charge >= 0.3 is 0 Å². The highest BCUT2D eigenvalue weighted by atomic mass is 16.5. The Morgan fingerprint density at radius 2 is 2.12 bits per heavy atom. The number of ketones is 1. The van der Waals surface area contributed by atoms with Gasteiger partial charge in [-0.2, -0.15) is 5.10 Å². The van der Waals surface area contributed by atoms with Crippen molar-refractivity contribution in [3.05, 3.63) is 41.2 Å². The van der Waals surface area contributed by atoms with Crippen molar-refractivity contribution in [2.45, 2.75) is 26.3 Å². The number of hydrogen-bond acceptors (Lipinski definition) is 5. The largest absolute Gasteiger partial charge is 0.497 e. The summed E-state index contributed by atoms with van der Waals surface area (Å²) in [6, 6.07) is 5.40. The van der Waals surface area contributed by atoms with Gasteiger partial charge in [0, 0.05) is 43.4 Å². The molecule has 1 saturated heterocycles. The van der Waals surface area contributed by atoms with E-state index < -0.39 is 0 Å². The summed E-state index contributed by atoms with van der Waals surface area (Å²) in [7, 11) is 5.15. The lowest BCUT2D eigenvalue weighted by molar-refractivity contribution is 0.0808. The Balaban J connectivity index is 1.73. The first-order valence-electron chi connectivity index (χ1n) is 8.99. The van der Waals surface area contributed by atoms with E-state index in [2.05, 4.69) is 16.9 Å². The van der Waals surface area contributed by atoms with E-state index in [1.54, 1.807) is 20.3 Å². The van der Waals surface area contributed by atoms with Gasteiger partial charge in [-0.25, -0.2) is 0 Å². The van der Waals surface area contributed by atoms with Crippen LogP contribution in [0.15, 0.2) is 24.4 Å². The first-order chi connectivity index (χ1) is 12.5. The van der Waals surface area contributed by atoms with E-state index in [0.29, 0.717) is 17.1 Å². The van der Waals surface area contributed by atoms with Crippen molar-refractivity contribution in [2.24, 2.45) is 13.0 Å². The summed E-state index contributed by atoms with van der Waals surface area (Å²) in [5.74, 6) is 1.41. The Morgan fingerprint density at radius 3 is 2.77 bits per heavy atom. The van der Waals surface area contributed by atoms with Crippen molar-refractivity contribution in [3.63, 3.8) is 0 Å². The maximum Gasteiger partial charge on any atom is 0.170 e. The number of piperidine rings is 1. The zero-order valence-electron chi connectivity index (χ0n) is 16.0. The van der Waals surface area contributed by atoms with Crippen LogP contribution in [0.25, 0.3) is 0 Å². The molecule has 1 aliphatic heterocycles. The monoisotopic (exact) mass is 357 g/mol. The van der Waals surface area contributed by atoms with Gasteiger partial charge in [-0.3, -0.25) is 14.4 Å². The van der Waals surface area contributed by atoms with E-state index in [1.165, 1.54) is 11.3 Å². The van der Waals surface area contributed by atoms with Gasteiger partial charge in [-0.05, 0) is 38.4 Å². The molecule has 140 valence electrons. The maximum atomic E-state index is 13.1. The smallest absolute Gasteiger partial charge is 0.170 e. The van der Waals surface area contributed by atoms with Crippen LogP contribution in [0.5, 0.6) is 11.5 Å². The van der Waals surface area contributed by atoms with Gasteiger partial charge < -0.3 is 9.47 Å². The van der Waals surface area contributed by atoms with Crippen molar-refractivity contribution in [1.29, 1.82) is 0 Å². The molecule has 0 radical (unpaired) electrons. The third kappa shape index (κ3) is 3.75. The van der Waals surface area contributed by atoms with E-state index in [-0.39, 0.29) is 11.7 Å². The number of benzene rings is 1. The minimum absolute atomic E-state index is 0.0111. The van der Waals surface area contributed by atoms with Crippen LogP contribution in [0.2, 0.25) is 0 Å². The molecule has 1 fully saturated rings. The topological polar surface area (TPSA) is 56.6 Å². The van der Waals surface area contributed by atoms with E-state index in [1.807, 2.05) is 30.1 Å². The van der Waals surface area contributed by atoms with Crippen LogP contribution in [0.4, 0.5) is 0 Å². The molecule has 0 saturated carbocycles. The SMILES string of the molecule is COc1ccc(C(=O)[C@@H]2CCCN(Cc3cnn(C)c3C)C2)c(OC)c1. The third-order valence-corrected chi connectivity index (χ3v) is 5.28. The highest BCUT2D eigenvalue weighted by molar-refractivity contribution is 6.00. The average molecular weight is 357 g/mol. The average Bonchev–Trinajstić information content (AvgIpc) is 2.99. The van der Waals surface area contributed by atoms with Crippen molar-refractivity contribution in [3.8, 4) is 11.5 Å². The molecule has 1 atom stereocenters. The molecule has 6 nitrogen and oxygen atoms in total. The standard InChI is InChI=1S/C20H27N3O3/c1-14-16(11-21-22(14)2)13-23-9-5-6-15(12-23)20(24)18-8-7-17(25-3)10-19(18)26-4/h7-8,10-11,15H,5-6,9,12-13H2,1-4H3/t15-/m1/s1. The fourth-order valence-corrected chi connectivity index (χ4v) is 3.58. The minimum Gasteiger partial charge on any atom is -0.497 e. The number of methoxy groups -OCH3 is 2. The molecule has 1 aromatic carbocycles. The first-order valence-corrected chi connectivity index (χ1v) is 8.99. The zero-order chi connectivity index (χ0) is 18.7. The Bertz CT molecular complexity index is 785. The highest BCUT2D eigenvalue weighted by Crippen LogP contribution is 2.30. The van der Waals surface area contributed by atoms with Crippen LogP contribution in [-0.2, 0) is 13.6 Å². The molecule has 1 aliphatic rings. The van der Waals surface area contributed by atoms with Gasteiger partial charge in [0.05, 0.1) is 26.0 Å². The second kappa shape index (κ2) is 7.91. The fraction of sp³-hybridized carbons (Fsp3) is 0.500. The Hall–Kier alpha value is -2.34. The number of hydrogen-bond donors (Lipinski definition) is 0. The number of ether oxygens (including phenoxy) is 2.